The molecule has 1 aromatic carbocycles. The fourth-order valence-corrected chi connectivity index (χ4v) is 2.52. The number of nitrogens with one attached hydrogen (secondary N) is 1. The van der Waals surface area contributed by atoms with Crippen molar-refractivity contribution < 1.29 is 0 Å². The van der Waals surface area contributed by atoms with Gasteiger partial charge in [0.25, 0.3) is 0 Å². The van der Waals surface area contributed by atoms with Gasteiger partial charge in [-0.1, -0.05) is 37.0 Å². The zero-order valence-corrected chi connectivity index (χ0v) is 14.2. The van der Waals surface area contributed by atoms with Gasteiger partial charge >= 0.3 is 0 Å². The number of nitrogens with zero attached hydrogens (tertiary/aromatic N) is 2. The zero-order chi connectivity index (χ0) is 15.4. The van der Waals surface area contributed by atoms with Gasteiger partial charge in [-0.15, -0.1) is 0 Å². The monoisotopic (exact) mass is 325 g/mol. The van der Waals surface area contributed by atoms with Crippen molar-refractivity contribution in [3.63, 3.8) is 0 Å². The SMILES string of the molecule is Cc1nn(Cc2cc(Cl)ccc2Cl)cc1CNCC(C)C. The largest absolute Gasteiger partial charge is 0.312 e. The molecule has 0 fully saturated rings. The topological polar surface area (TPSA) is 29.9 Å². The maximum absolute atomic E-state index is 6.20. The number of hydrogen-bond acceptors (Lipinski definition) is 2. The molecule has 0 aliphatic heterocycles. The summed E-state index contributed by atoms with van der Waals surface area (Å²) < 4.78 is 1.92. The van der Waals surface area contributed by atoms with Gasteiger partial charge in [0.05, 0.1) is 12.2 Å². The molecule has 1 N–H and O–H groups in total. The summed E-state index contributed by atoms with van der Waals surface area (Å²) in [5.74, 6) is 0.644. The number of rotatable bonds is 6. The van der Waals surface area contributed by atoms with Crippen LogP contribution in [0, 0.1) is 12.8 Å². The fraction of sp³-hybridized carbons (Fsp3) is 0.438. The molecule has 2 aromatic rings. The van der Waals surface area contributed by atoms with E-state index in [1.165, 1.54) is 5.56 Å². The van der Waals surface area contributed by atoms with Crippen LogP contribution in [0.3, 0.4) is 0 Å². The smallest absolute Gasteiger partial charge is 0.0674 e. The van der Waals surface area contributed by atoms with Gasteiger partial charge in [-0.25, -0.2) is 0 Å². The van der Waals surface area contributed by atoms with Gasteiger partial charge in [0.1, 0.15) is 0 Å². The van der Waals surface area contributed by atoms with Gasteiger partial charge in [-0.2, -0.15) is 5.10 Å². The normalized spacial score (nSPS) is 11.3. The van der Waals surface area contributed by atoms with Crippen molar-refractivity contribution in [2.75, 3.05) is 6.54 Å². The first-order chi connectivity index (χ1) is 9.95. The Morgan fingerprint density at radius 1 is 1.24 bits per heavy atom. The van der Waals surface area contributed by atoms with Crippen LogP contribution in [0.2, 0.25) is 10.0 Å². The van der Waals surface area contributed by atoms with E-state index < -0.39 is 0 Å². The Morgan fingerprint density at radius 3 is 2.71 bits per heavy atom. The van der Waals surface area contributed by atoms with Gasteiger partial charge in [0.2, 0.25) is 0 Å². The molecule has 1 aromatic heterocycles. The van der Waals surface area contributed by atoms with Crippen molar-refractivity contribution in [3.8, 4) is 0 Å². The predicted octanol–water partition coefficient (Wildman–Crippen LogP) is 4.29. The maximum Gasteiger partial charge on any atom is 0.0674 e. The van der Waals surface area contributed by atoms with E-state index in [0.29, 0.717) is 22.5 Å². The second-order valence-corrected chi connectivity index (χ2v) is 6.54. The number of hydrogen-bond donors (Lipinski definition) is 1. The lowest BCUT2D eigenvalue weighted by molar-refractivity contribution is 0.551. The molecular formula is C16H21Cl2N3. The Morgan fingerprint density at radius 2 is 2.00 bits per heavy atom. The molecule has 0 saturated carbocycles. The van der Waals surface area contributed by atoms with E-state index in [1.807, 2.05) is 23.7 Å². The Labute approximate surface area is 136 Å². The summed E-state index contributed by atoms with van der Waals surface area (Å²) in [6.45, 7) is 8.90. The Balaban J connectivity index is 2.06. The van der Waals surface area contributed by atoms with Crippen molar-refractivity contribution >= 4 is 23.2 Å². The number of halogens is 2. The highest BCUT2D eigenvalue weighted by Crippen LogP contribution is 2.21. The molecule has 2 rings (SSSR count). The molecule has 3 nitrogen and oxygen atoms in total. The average Bonchev–Trinajstić information content (AvgIpc) is 2.74. The summed E-state index contributed by atoms with van der Waals surface area (Å²) in [6.07, 6.45) is 2.07. The molecule has 0 unspecified atom stereocenters. The number of benzene rings is 1. The van der Waals surface area contributed by atoms with Crippen molar-refractivity contribution in [2.45, 2.75) is 33.9 Å². The number of aromatic nitrogens is 2. The summed E-state index contributed by atoms with van der Waals surface area (Å²) in [5, 5.41) is 9.40. The summed E-state index contributed by atoms with van der Waals surface area (Å²) >= 11 is 12.2. The van der Waals surface area contributed by atoms with Gasteiger partial charge in [0.15, 0.2) is 0 Å². The maximum atomic E-state index is 6.20. The highest BCUT2D eigenvalue weighted by molar-refractivity contribution is 6.33. The van der Waals surface area contributed by atoms with Gasteiger partial charge in [0, 0.05) is 28.4 Å². The van der Waals surface area contributed by atoms with Crippen LogP contribution in [0.4, 0.5) is 0 Å². The first kappa shape index (κ1) is 16.3. The van der Waals surface area contributed by atoms with Crippen molar-refractivity contribution in [1.82, 2.24) is 15.1 Å². The molecule has 114 valence electrons. The molecule has 0 amide bonds. The van der Waals surface area contributed by atoms with E-state index in [2.05, 4.69) is 30.5 Å². The van der Waals surface area contributed by atoms with Crippen molar-refractivity contribution in [2.24, 2.45) is 5.92 Å². The summed E-state index contributed by atoms with van der Waals surface area (Å²) in [7, 11) is 0. The standard InChI is InChI=1S/C16H21Cl2N3/c1-11(2)7-19-8-14-10-21(20-12(14)3)9-13-6-15(17)4-5-16(13)18/h4-6,10-11,19H,7-9H2,1-3H3. The lowest BCUT2D eigenvalue weighted by Gasteiger charge is -2.06. The molecule has 0 aliphatic carbocycles. The van der Waals surface area contributed by atoms with Gasteiger partial charge in [-0.05, 0) is 43.1 Å². The summed E-state index contributed by atoms with van der Waals surface area (Å²) in [4.78, 5) is 0. The molecule has 21 heavy (non-hydrogen) atoms. The third kappa shape index (κ3) is 4.73. The Hall–Kier alpha value is -1.03. The van der Waals surface area contributed by atoms with Crippen LogP contribution in [0.15, 0.2) is 24.4 Å². The summed E-state index contributed by atoms with van der Waals surface area (Å²) in [5.41, 5.74) is 3.24. The lowest BCUT2D eigenvalue weighted by Crippen LogP contribution is -2.19. The van der Waals surface area contributed by atoms with E-state index >= 15 is 0 Å². The second kappa shape index (κ2) is 7.30. The van der Waals surface area contributed by atoms with Gasteiger partial charge < -0.3 is 5.32 Å². The second-order valence-electron chi connectivity index (χ2n) is 5.70. The fourth-order valence-electron chi connectivity index (χ4n) is 2.15. The van der Waals surface area contributed by atoms with E-state index in [9.17, 15) is 0 Å². The number of aryl methyl sites for hydroxylation is 1. The third-order valence-corrected chi connectivity index (χ3v) is 3.86. The summed E-state index contributed by atoms with van der Waals surface area (Å²) in [6, 6.07) is 5.50. The van der Waals surface area contributed by atoms with Crippen LogP contribution in [-0.4, -0.2) is 16.3 Å². The lowest BCUT2D eigenvalue weighted by atomic mass is 10.2. The highest BCUT2D eigenvalue weighted by atomic mass is 35.5. The molecule has 0 atom stereocenters. The quantitative estimate of drug-likeness (QED) is 0.858. The third-order valence-electron chi connectivity index (χ3n) is 3.26. The van der Waals surface area contributed by atoms with E-state index in [-0.39, 0.29) is 0 Å². The molecule has 0 spiro atoms. The minimum absolute atomic E-state index is 0.629. The minimum atomic E-state index is 0.629. The molecule has 0 aliphatic rings. The molecule has 0 saturated heterocycles. The molecule has 0 radical (unpaired) electrons. The zero-order valence-electron chi connectivity index (χ0n) is 12.7. The van der Waals surface area contributed by atoms with Crippen LogP contribution < -0.4 is 5.32 Å². The van der Waals surface area contributed by atoms with Crippen LogP contribution in [0.5, 0.6) is 0 Å². The first-order valence-electron chi connectivity index (χ1n) is 7.13. The van der Waals surface area contributed by atoms with Crippen LogP contribution in [0.1, 0.15) is 30.7 Å². The Kier molecular flexibility index (Phi) is 5.68. The van der Waals surface area contributed by atoms with Crippen LogP contribution in [-0.2, 0) is 13.1 Å². The van der Waals surface area contributed by atoms with Gasteiger partial charge in [-0.3, -0.25) is 4.68 Å². The van der Waals surface area contributed by atoms with Crippen LogP contribution in [0.25, 0.3) is 0 Å². The Bertz CT molecular complexity index is 606. The highest BCUT2D eigenvalue weighted by Gasteiger charge is 2.08. The predicted molar refractivity (Wildman–Crippen MR) is 89.1 cm³/mol. The van der Waals surface area contributed by atoms with E-state index in [0.717, 1.165) is 24.3 Å². The first-order valence-corrected chi connectivity index (χ1v) is 7.89. The van der Waals surface area contributed by atoms with E-state index in [4.69, 9.17) is 23.2 Å². The molecule has 5 heteroatoms. The molecule has 0 bridgehead atoms. The van der Waals surface area contributed by atoms with Crippen molar-refractivity contribution in [3.05, 3.63) is 51.3 Å². The van der Waals surface area contributed by atoms with Crippen LogP contribution >= 0.6 is 23.2 Å². The molecule has 1 heterocycles. The average molecular weight is 326 g/mol. The van der Waals surface area contributed by atoms with E-state index in [1.54, 1.807) is 6.07 Å². The van der Waals surface area contributed by atoms with Crippen molar-refractivity contribution in [1.29, 1.82) is 0 Å². The molecular weight excluding hydrogens is 305 g/mol. The minimum Gasteiger partial charge on any atom is -0.312 e.